The molecule has 1 aromatic carbocycles. The zero-order valence-corrected chi connectivity index (χ0v) is 17.7. The van der Waals surface area contributed by atoms with Gasteiger partial charge in [0.25, 0.3) is 0 Å². The Labute approximate surface area is 171 Å². The predicted octanol–water partition coefficient (Wildman–Crippen LogP) is 3.14. The molecule has 0 aliphatic carbocycles. The number of fused-ring (bicyclic) bond motifs is 1. The summed E-state index contributed by atoms with van der Waals surface area (Å²) in [6.45, 7) is 1.79. The summed E-state index contributed by atoms with van der Waals surface area (Å²) in [6, 6.07) is 12.1. The number of carbonyl (C=O) groups is 1. The number of nitrogens with zero attached hydrogens (tertiary/aromatic N) is 2. The summed E-state index contributed by atoms with van der Waals surface area (Å²) in [5, 5.41) is 4.56. The molecule has 6 nitrogen and oxygen atoms in total. The molecule has 0 unspecified atom stereocenters. The molecule has 0 bridgehead atoms. The fourth-order valence-electron chi connectivity index (χ4n) is 3.31. The van der Waals surface area contributed by atoms with E-state index in [9.17, 15) is 13.2 Å². The van der Waals surface area contributed by atoms with E-state index in [-0.39, 0.29) is 23.2 Å². The molecule has 1 aliphatic heterocycles. The van der Waals surface area contributed by atoms with Crippen molar-refractivity contribution in [3.63, 3.8) is 0 Å². The van der Waals surface area contributed by atoms with Crippen LogP contribution in [0.5, 0.6) is 0 Å². The van der Waals surface area contributed by atoms with Crippen molar-refractivity contribution in [1.29, 1.82) is 0 Å². The quantitative estimate of drug-likeness (QED) is 0.491. The second-order valence-electron chi connectivity index (χ2n) is 7.11. The Morgan fingerprint density at radius 3 is 2.79 bits per heavy atom. The number of thiophene rings is 1. The van der Waals surface area contributed by atoms with Gasteiger partial charge < -0.3 is 5.32 Å². The molecule has 2 aromatic heterocycles. The molecule has 1 amide bonds. The van der Waals surface area contributed by atoms with E-state index in [0.29, 0.717) is 6.42 Å². The number of nitrogens with one attached hydrogen (secondary N) is 1. The highest BCUT2D eigenvalue weighted by atomic mass is 32.2. The smallest absolute Gasteiger partial charge is 0.230 e. The molecule has 1 aliphatic rings. The Morgan fingerprint density at radius 1 is 1.29 bits per heavy atom. The molecular weight excluding hydrogens is 414 g/mol. The maximum Gasteiger partial charge on any atom is 0.230 e. The maximum absolute atomic E-state index is 12.4. The number of rotatable bonds is 5. The van der Waals surface area contributed by atoms with Crippen molar-refractivity contribution in [2.75, 3.05) is 17.3 Å². The number of thioether (sulfide) groups is 1. The monoisotopic (exact) mass is 433 g/mol. The van der Waals surface area contributed by atoms with Crippen LogP contribution in [0, 0.1) is 0 Å². The lowest BCUT2D eigenvalue weighted by Gasteiger charge is -2.23. The third-order valence-electron chi connectivity index (χ3n) is 4.64. The summed E-state index contributed by atoms with van der Waals surface area (Å²) >= 11 is 2.93. The van der Waals surface area contributed by atoms with Crippen molar-refractivity contribution in [2.45, 2.75) is 23.9 Å². The van der Waals surface area contributed by atoms with Crippen LogP contribution >= 0.6 is 23.1 Å². The first-order chi connectivity index (χ1) is 13.3. The fourth-order valence-corrected chi connectivity index (χ4v) is 7.24. The largest absolute Gasteiger partial charge is 0.349 e. The predicted molar refractivity (Wildman–Crippen MR) is 113 cm³/mol. The van der Waals surface area contributed by atoms with Gasteiger partial charge in [0.1, 0.15) is 16.2 Å². The Kier molecular flexibility index (Phi) is 5.15. The number of hydrogen-bond donors (Lipinski definition) is 1. The SMILES string of the molecule is C[C@@]1(NC(=O)CSc2ncnc3sc(-c4ccccc4)cc23)CCS(=O)(=O)C1. The first-order valence-corrected chi connectivity index (χ1v) is 12.4. The summed E-state index contributed by atoms with van der Waals surface area (Å²) in [4.78, 5) is 23.1. The first kappa shape index (κ1) is 19.4. The van der Waals surface area contributed by atoms with Crippen LogP contribution in [-0.2, 0) is 14.6 Å². The molecule has 0 saturated carbocycles. The molecule has 1 N–H and O–H groups in total. The van der Waals surface area contributed by atoms with E-state index in [1.165, 1.54) is 18.1 Å². The maximum atomic E-state index is 12.4. The minimum absolute atomic E-state index is 0.000868. The molecule has 9 heteroatoms. The number of hydrogen-bond acceptors (Lipinski definition) is 7. The van der Waals surface area contributed by atoms with Crippen molar-refractivity contribution in [3.8, 4) is 10.4 Å². The fraction of sp³-hybridized carbons (Fsp3) is 0.316. The van der Waals surface area contributed by atoms with E-state index in [2.05, 4.69) is 33.5 Å². The summed E-state index contributed by atoms with van der Waals surface area (Å²) in [5.41, 5.74) is 0.440. The highest BCUT2D eigenvalue weighted by Crippen LogP contribution is 2.36. The van der Waals surface area contributed by atoms with Gasteiger partial charge in [-0.2, -0.15) is 0 Å². The van der Waals surface area contributed by atoms with Crippen LogP contribution in [0.2, 0.25) is 0 Å². The highest BCUT2D eigenvalue weighted by Gasteiger charge is 2.39. The molecule has 3 heterocycles. The van der Waals surface area contributed by atoms with Gasteiger partial charge in [0.2, 0.25) is 5.91 Å². The number of aromatic nitrogens is 2. The van der Waals surface area contributed by atoms with E-state index in [0.717, 1.165) is 25.7 Å². The van der Waals surface area contributed by atoms with E-state index >= 15 is 0 Å². The van der Waals surface area contributed by atoms with Crippen LogP contribution in [0.3, 0.4) is 0 Å². The number of amides is 1. The number of sulfone groups is 1. The summed E-state index contributed by atoms with van der Waals surface area (Å²) in [7, 11) is -3.06. The van der Waals surface area contributed by atoms with E-state index in [1.807, 2.05) is 18.2 Å². The van der Waals surface area contributed by atoms with Gasteiger partial charge in [-0.15, -0.1) is 11.3 Å². The van der Waals surface area contributed by atoms with Crippen molar-refractivity contribution in [3.05, 3.63) is 42.7 Å². The molecule has 1 fully saturated rings. The van der Waals surface area contributed by atoms with Gasteiger partial charge >= 0.3 is 0 Å². The molecule has 1 saturated heterocycles. The summed E-state index contributed by atoms with van der Waals surface area (Å²) < 4.78 is 23.4. The topological polar surface area (TPSA) is 89.0 Å². The first-order valence-electron chi connectivity index (χ1n) is 8.78. The van der Waals surface area contributed by atoms with Gasteiger partial charge in [-0.1, -0.05) is 42.1 Å². The van der Waals surface area contributed by atoms with Crippen molar-refractivity contribution in [1.82, 2.24) is 15.3 Å². The third-order valence-corrected chi connectivity index (χ3v) is 8.64. The van der Waals surface area contributed by atoms with E-state index < -0.39 is 15.4 Å². The van der Waals surface area contributed by atoms with Crippen LogP contribution in [0.15, 0.2) is 47.8 Å². The van der Waals surface area contributed by atoms with Crippen LogP contribution in [0.25, 0.3) is 20.7 Å². The lowest BCUT2D eigenvalue weighted by atomic mass is 10.0. The van der Waals surface area contributed by atoms with Crippen molar-refractivity contribution >= 4 is 49.1 Å². The minimum atomic E-state index is -3.06. The van der Waals surface area contributed by atoms with Crippen molar-refractivity contribution < 1.29 is 13.2 Å². The van der Waals surface area contributed by atoms with Crippen LogP contribution in [0.1, 0.15) is 13.3 Å². The third kappa shape index (κ3) is 4.21. The van der Waals surface area contributed by atoms with Gasteiger partial charge in [-0.05, 0) is 25.0 Å². The summed E-state index contributed by atoms with van der Waals surface area (Å²) in [5.74, 6) is 0.118. The Hall–Kier alpha value is -1.97. The second kappa shape index (κ2) is 7.46. The average molecular weight is 434 g/mol. The molecule has 1 atom stereocenters. The normalized spacial score (nSPS) is 21.0. The van der Waals surface area contributed by atoms with Gasteiger partial charge in [-0.25, -0.2) is 18.4 Å². The molecule has 4 rings (SSSR count). The zero-order valence-electron chi connectivity index (χ0n) is 15.2. The molecule has 28 heavy (non-hydrogen) atoms. The van der Waals surface area contributed by atoms with E-state index in [1.54, 1.807) is 18.3 Å². The minimum Gasteiger partial charge on any atom is -0.349 e. The highest BCUT2D eigenvalue weighted by molar-refractivity contribution is 8.00. The zero-order chi connectivity index (χ0) is 19.8. The standard InChI is InChI=1S/C19H19N3O3S3/c1-19(7-8-28(24,25)11-19)22-16(23)10-26-17-14-9-15(13-5-3-2-4-6-13)27-18(14)21-12-20-17/h2-6,9,12H,7-8,10-11H2,1H3,(H,22,23)/t19-/m1/s1. The lowest BCUT2D eigenvalue weighted by Crippen LogP contribution is -2.47. The van der Waals surface area contributed by atoms with E-state index in [4.69, 9.17) is 0 Å². The summed E-state index contributed by atoms with van der Waals surface area (Å²) in [6.07, 6.45) is 1.97. The van der Waals surface area contributed by atoms with Crippen LogP contribution in [-0.4, -0.2) is 47.1 Å². The molecule has 0 spiro atoms. The Bertz CT molecular complexity index is 1130. The number of carbonyl (C=O) groups excluding carboxylic acids is 1. The lowest BCUT2D eigenvalue weighted by molar-refractivity contribution is -0.120. The molecule has 146 valence electrons. The molecule has 3 aromatic rings. The van der Waals surface area contributed by atoms with Gasteiger partial charge in [0, 0.05) is 10.3 Å². The molecule has 0 radical (unpaired) electrons. The second-order valence-corrected chi connectivity index (χ2v) is 11.3. The number of benzene rings is 1. The Morgan fingerprint density at radius 2 is 2.07 bits per heavy atom. The molecular formula is C19H19N3O3S3. The van der Waals surface area contributed by atoms with Gasteiger partial charge in [0.05, 0.1) is 22.8 Å². The van der Waals surface area contributed by atoms with Crippen LogP contribution < -0.4 is 5.32 Å². The van der Waals surface area contributed by atoms with Gasteiger partial charge in [0.15, 0.2) is 9.84 Å². The van der Waals surface area contributed by atoms with Gasteiger partial charge in [-0.3, -0.25) is 4.79 Å². The Balaban J connectivity index is 1.48. The van der Waals surface area contributed by atoms with Crippen molar-refractivity contribution in [2.24, 2.45) is 0 Å². The van der Waals surface area contributed by atoms with Crippen LogP contribution in [0.4, 0.5) is 0 Å². The average Bonchev–Trinajstić information content (AvgIpc) is 3.21.